The number of rotatable bonds is 6. The van der Waals surface area contributed by atoms with Crippen LogP contribution in [-0.4, -0.2) is 60.9 Å². The molecule has 118 valence electrons. The van der Waals surface area contributed by atoms with Crippen LogP contribution in [0.5, 0.6) is 0 Å². The molecule has 2 N–H and O–H groups in total. The minimum Gasteiger partial charge on any atom is -0.395 e. The van der Waals surface area contributed by atoms with Gasteiger partial charge < -0.3 is 20.1 Å². The fraction of sp³-hybridized carbons (Fsp3) is 0.933. The number of amides is 1. The number of carbonyl (C=O) groups excluding carboxylic acids is 1. The fourth-order valence-corrected chi connectivity index (χ4v) is 2.58. The molecule has 0 aromatic carbocycles. The quantitative estimate of drug-likeness (QED) is 0.765. The molecule has 1 heterocycles. The van der Waals surface area contributed by atoms with Crippen LogP contribution in [-0.2, 0) is 9.53 Å². The summed E-state index contributed by atoms with van der Waals surface area (Å²) < 4.78 is 5.25. The second-order valence-corrected chi connectivity index (χ2v) is 6.91. The first-order valence-corrected chi connectivity index (χ1v) is 7.54. The molecule has 5 heteroatoms. The Bertz CT molecular complexity index is 296. The third-order valence-corrected chi connectivity index (χ3v) is 3.44. The summed E-state index contributed by atoms with van der Waals surface area (Å²) >= 11 is 0. The molecule has 0 radical (unpaired) electrons. The summed E-state index contributed by atoms with van der Waals surface area (Å²) in [5.41, 5.74) is 0.161. The maximum absolute atomic E-state index is 12.1. The van der Waals surface area contributed by atoms with Crippen LogP contribution in [0.4, 0.5) is 0 Å². The number of nitrogens with zero attached hydrogens (tertiary/aromatic N) is 1. The Hall–Kier alpha value is -0.650. The van der Waals surface area contributed by atoms with E-state index in [2.05, 4.69) is 26.1 Å². The topological polar surface area (TPSA) is 61.8 Å². The smallest absolute Gasteiger partial charge is 0.224 e. The Morgan fingerprint density at radius 1 is 1.35 bits per heavy atom. The summed E-state index contributed by atoms with van der Waals surface area (Å²) in [6.45, 7) is 11.2. The number of hydrogen-bond acceptors (Lipinski definition) is 4. The molecule has 0 aromatic rings. The first-order valence-electron chi connectivity index (χ1n) is 7.54. The van der Waals surface area contributed by atoms with Gasteiger partial charge in [-0.2, -0.15) is 0 Å². The molecule has 0 aromatic heterocycles. The van der Waals surface area contributed by atoms with Gasteiger partial charge in [-0.15, -0.1) is 0 Å². The normalized spacial score (nSPS) is 19.8. The van der Waals surface area contributed by atoms with Crippen molar-refractivity contribution in [1.29, 1.82) is 0 Å². The molecular formula is C15H30N2O3. The van der Waals surface area contributed by atoms with Crippen LogP contribution >= 0.6 is 0 Å². The summed E-state index contributed by atoms with van der Waals surface area (Å²) in [6.07, 6.45) is 1.36. The fourth-order valence-electron chi connectivity index (χ4n) is 2.58. The van der Waals surface area contributed by atoms with E-state index in [-0.39, 0.29) is 30.0 Å². The lowest BCUT2D eigenvalue weighted by atomic mass is 9.88. The number of nitrogens with one attached hydrogen (secondary N) is 1. The number of morpholine rings is 1. The SMILES string of the molecule is CC(CC(=O)N1CCOCC1)NC(CO)CC(C)(C)C. The Morgan fingerprint density at radius 2 is 1.95 bits per heavy atom. The summed E-state index contributed by atoms with van der Waals surface area (Å²) in [5, 5.41) is 12.8. The zero-order chi connectivity index (χ0) is 15.2. The molecule has 0 spiro atoms. The van der Waals surface area contributed by atoms with E-state index < -0.39 is 0 Å². The maximum Gasteiger partial charge on any atom is 0.224 e. The molecule has 2 atom stereocenters. The minimum absolute atomic E-state index is 0.0440. The van der Waals surface area contributed by atoms with Crippen molar-refractivity contribution in [3.8, 4) is 0 Å². The number of aliphatic hydroxyl groups excluding tert-OH is 1. The summed E-state index contributed by atoms with van der Waals surface area (Å²) in [5.74, 6) is 0.167. The van der Waals surface area contributed by atoms with E-state index in [0.29, 0.717) is 32.7 Å². The van der Waals surface area contributed by atoms with E-state index in [0.717, 1.165) is 6.42 Å². The predicted octanol–water partition coefficient (Wildman–Crippen LogP) is 1.01. The van der Waals surface area contributed by atoms with Gasteiger partial charge in [0.2, 0.25) is 5.91 Å². The zero-order valence-corrected chi connectivity index (χ0v) is 13.3. The van der Waals surface area contributed by atoms with Gasteiger partial charge in [0.05, 0.1) is 19.8 Å². The molecule has 5 nitrogen and oxygen atoms in total. The molecule has 1 amide bonds. The third kappa shape index (κ3) is 6.68. The average Bonchev–Trinajstić information content (AvgIpc) is 2.37. The Morgan fingerprint density at radius 3 is 2.45 bits per heavy atom. The summed E-state index contributed by atoms with van der Waals surface area (Å²) in [6, 6.07) is 0.118. The number of hydrogen-bond donors (Lipinski definition) is 2. The van der Waals surface area contributed by atoms with Gasteiger partial charge in [0.1, 0.15) is 0 Å². The van der Waals surface area contributed by atoms with Gasteiger partial charge in [0.25, 0.3) is 0 Å². The zero-order valence-electron chi connectivity index (χ0n) is 13.3. The lowest BCUT2D eigenvalue weighted by Gasteiger charge is -2.30. The number of aliphatic hydroxyl groups is 1. The standard InChI is InChI=1S/C15H30N2O3/c1-12(16-13(11-18)10-15(2,3)4)9-14(19)17-5-7-20-8-6-17/h12-13,16,18H,5-11H2,1-4H3. The van der Waals surface area contributed by atoms with Gasteiger partial charge in [0, 0.05) is 31.6 Å². The van der Waals surface area contributed by atoms with Crippen molar-refractivity contribution < 1.29 is 14.6 Å². The van der Waals surface area contributed by atoms with Crippen LogP contribution < -0.4 is 5.32 Å². The Labute approximate surface area is 122 Å². The van der Waals surface area contributed by atoms with E-state index in [1.165, 1.54) is 0 Å². The van der Waals surface area contributed by atoms with Gasteiger partial charge in [0.15, 0.2) is 0 Å². The van der Waals surface area contributed by atoms with Gasteiger partial charge in [-0.25, -0.2) is 0 Å². The molecule has 0 aliphatic carbocycles. The highest BCUT2D eigenvalue weighted by Gasteiger charge is 2.22. The van der Waals surface area contributed by atoms with Crippen molar-refractivity contribution in [2.24, 2.45) is 5.41 Å². The second-order valence-electron chi connectivity index (χ2n) is 6.91. The average molecular weight is 286 g/mol. The molecule has 1 aliphatic heterocycles. The molecular weight excluding hydrogens is 256 g/mol. The van der Waals surface area contributed by atoms with Crippen molar-refractivity contribution in [2.75, 3.05) is 32.9 Å². The van der Waals surface area contributed by atoms with Crippen molar-refractivity contribution in [1.82, 2.24) is 10.2 Å². The molecule has 0 saturated carbocycles. The van der Waals surface area contributed by atoms with Crippen molar-refractivity contribution in [2.45, 2.75) is 52.6 Å². The Balaban J connectivity index is 2.36. The molecule has 1 aliphatic rings. The summed E-state index contributed by atoms with van der Waals surface area (Å²) in [4.78, 5) is 14.0. The van der Waals surface area contributed by atoms with Crippen LogP contribution in [0.15, 0.2) is 0 Å². The van der Waals surface area contributed by atoms with Crippen molar-refractivity contribution in [3.05, 3.63) is 0 Å². The number of carbonyl (C=O) groups is 1. The van der Waals surface area contributed by atoms with Crippen molar-refractivity contribution >= 4 is 5.91 Å². The highest BCUT2D eigenvalue weighted by Crippen LogP contribution is 2.21. The first kappa shape index (κ1) is 17.4. The molecule has 1 rings (SSSR count). The lowest BCUT2D eigenvalue weighted by molar-refractivity contribution is -0.135. The maximum atomic E-state index is 12.1. The van der Waals surface area contributed by atoms with Crippen LogP contribution in [0.2, 0.25) is 0 Å². The molecule has 1 saturated heterocycles. The van der Waals surface area contributed by atoms with Crippen LogP contribution in [0.1, 0.15) is 40.5 Å². The van der Waals surface area contributed by atoms with Gasteiger partial charge in [-0.1, -0.05) is 20.8 Å². The van der Waals surface area contributed by atoms with E-state index in [4.69, 9.17) is 4.74 Å². The Kier molecular flexibility index (Phi) is 6.92. The predicted molar refractivity (Wildman–Crippen MR) is 79.6 cm³/mol. The van der Waals surface area contributed by atoms with Gasteiger partial charge in [-0.3, -0.25) is 4.79 Å². The second kappa shape index (κ2) is 7.96. The lowest BCUT2D eigenvalue weighted by Crippen LogP contribution is -2.46. The van der Waals surface area contributed by atoms with E-state index >= 15 is 0 Å². The number of ether oxygens (including phenoxy) is 1. The minimum atomic E-state index is 0.0440. The largest absolute Gasteiger partial charge is 0.395 e. The summed E-state index contributed by atoms with van der Waals surface area (Å²) in [7, 11) is 0. The van der Waals surface area contributed by atoms with E-state index in [9.17, 15) is 9.90 Å². The van der Waals surface area contributed by atoms with Crippen LogP contribution in [0, 0.1) is 5.41 Å². The van der Waals surface area contributed by atoms with Crippen LogP contribution in [0.3, 0.4) is 0 Å². The van der Waals surface area contributed by atoms with Crippen molar-refractivity contribution in [3.63, 3.8) is 0 Å². The van der Waals surface area contributed by atoms with E-state index in [1.54, 1.807) is 0 Å². The van der Waals surface area contributed by atoms with Gasteiger partial charge in [-0.05, 0) is 18.8 Å². The van der Waals surface area contributed by atoms with Crippen LogP contribution in [0.25, 0.3) is 0 Å². The van der Waals surface area contributed by atoms with E-state index in [1.807, 2.05) is 11.8 Å². The first-order chi connectivity index (χ1) is 9.31. The highest BCUT2D eigenvalue weighted by molar-refractivity contribution is 5.76. The molecule has 20 heavy (non-hydrogen) atoms. The highest BCUT2D eigenvalue weighted by atomic mass is 16.5. The third-order valence-electron chi connectivity index (χ3n) is 3.44. The monoisotopic (exact) mass is 286 g/mol. The van der Waals surface area contributed by atoms with Gasteiger partial charge >= 0.3 is 0 Å². The molecule has 1 fully saturated rings. The molecule has 0 bridgehead atoms. The molecule has 2 unspecified atom stereocenters.